The van der Waals surface area contributed by atoms with Gasteiger partial charge in [-0.1, -0.05) is 11.6 Å². The SMILES string of the molecule is O=C(CCC1CCNC1)Nc1ccc(Cl)cc1OCC(F)(F)F. The number of halogens is 4. The summed E-state index contributed by atoms with van der Waals surface area (Å²) in [4.78, 5) is 12.0. The molecule has 8 heteroatoms. The predicted molar refractivity (Wildman–Crippen MR) is 81.8 cm³/mol. The van der Waals surface area contributed by atoms with Gasteiger partial charge in [0, 0.05) is 17.5 Å². The first-order valence-electron chi connectivity index (χ1n) is 7.33. The Hall–Kier alpha value is -1.47. The summed E-state index contributed by atoms with van der Waals surface area (Å²) in [5.74, 6) is 0.119. The number of carbonyl (C=O) groups excluding carboxylic acids is 1. The molecule has 2 rings (SSSR count). The van der Waals surface area contributed by atoms with E-state index in [-0.39, 0.29) is 22.4 Å². The largest absolute Gasteiger partial charge is 0.482 e. The number of amides is 1. The molecular weight excluding hydrogens is 333 g/mol. The Balaban J connectivity index is 1.93. The van der Waals surface area contributed by atoms with Crippen LogP contribution in [0.25, 0.3) is 0 Å². The van der Waals surface area contributed by atoms with Gasteiger partial charge in [-0.25, -0.2) is 0 Å². The molecule has 1 fully saturated rings. The van der Waals surface area contributed by atoms with Crippen molar-refractivity contribution in [3.63, 3.8) is 0 Å². The minimum atomic E-state index is -4.46. The summed E-state index contributed by atoms with van der Waals surface area (Å²) in [6.45, 7) is 0.414. The molecule has 0 saturated carbocycles. The van der Waals surface area contributed by atoms with Gasteiger partial charge in [0.15, 0.2) is 6.61 Å². The van der Waals surface area contributed by atoms with Gasteiger partial charge in [-0.3, -0.25) is 4.79 Å². The second kappa shape index (κ2) is 7.88. The molecule has 0 aromatic heterocycles. The Morgan fingerprint density at radius 2 is 2.22 bits per heavy atom. The highest BCUT2D eigenvalue weighted by Crippen LogP contribution is 2.30. The average Bonchev–Trinajstić information content (AvgIpc) is 2.98. The highest BCUT2D eigenvalue weighted by atomic mass is 35.5. The molecule has 1 aliphatic rings. The molecule has 23 heavy (non-hydrogen) atoms. The second-order valence-corrected chi connectivity index (χ2v) is 5.93. The van der Waals surface area contributed by atoms with Crippen molar-refractivity contribution in [3.05, 3.63) is 23.2 Å². The molecule has 2 N–H and O–H groups in total. The Labute approximate surface area is 137 Å². The standard InChI is InChI=1S/C15H18ClF3N2O2/c16-11-2-3-12(13(7-11)23-9-15(17,18)19)21-14(22)4-1-10-5-6-20-8-10/h2-3,7,10,20H,1,4-6,8-9H2,(H,21,22). The number of carbonyl (C=O) groups is 1. The lowest BCUT2D eigenvalue weighted by Crippen LogP contribution is -2.20. The van der Waals surface area contributed by atoms with E-state index >= 15 is 0 Å². The molecular formula is C15H18ClF3N2O2. The Bertz CT molecular complexity index is 546. The molecule has 1 unspecified atom stereocenters. The minimum absolute atomic E-state index is 0.0919. The summed E-state index contributed by atoms with van der Waals surface area (Å²) < 4.78 is 41.6. The maximum atomic E-state index is 12.3. The van der Waals surface area contributed by atoms with Crippen molar-refractivity contribution in [2.24, 2.45) is 5.92 Å². The van der Waals surface area contributed by atoms with Crippen LogP contribution < -0.4 is 15.4 Å². The quantitative estimate of drug-likeness (QED) is 0.824. The van der Waals surface area contributed by atoms with Crippen LogP contribution in [0.5, 0.6) is 5.75 Å². The van der Waals surface area contributed by atoms with Crippen LogP contribution in [-0.2, 0) is 4.79 Å². The Morgan fingerprint density at radius 3 is 2.87 bits per heavy atom. The van der Waals surface area contributed by atoms with Crippen LogP contribution in [0.15, 0.2) is 18.2 Å². The maximum Gasteiger partial charge on any atom is 0.422 e. The molecule has 1 aromatic carbocycles. The van der Waals surface area contributed by atoms with E-state index in [4.69, 9.17) is 16.3 Å². The Kier molecular flexibility index (Phi) is 6.12. The third-order valence-corrected chi connectivity index (χ3v) is 3.79. The topological polar surface area (TPSA) is 50.4 Å². The number of hydrogen-bond donors (Lipinski definition) is 2. The first kappa shape index (κ1) is 17.9. The molecule has 0 aliphatic carbocycles. The molecule has 4 nitrogen and oxygen atoms in total. The summed E-state index contributed by atoms with van der Waals surface area (Å²) in [7, 11) is 0. The van der Waals surface area contributed by atoms with Gasteiger partial charge in [0.05, 0.1) is 5.69 Å². The van der Waals surface area contributed by atoms with Crippen LogP contribution in [-0.4, -0.2) is 31.8 Å². The van der Waals surface area contributed by atoms with Crippen LogP contribution in [0.3, 0.4) is 0 Å². The Morgan fingerprint density at radius 1 is 1.43 bits per heavy atom. The van der Waals surface area contributed by atoms with E-state index in [0.29, 0.717) is 12.3 Å². The van der Waals surface area contributed by atoms with Crippen molar-refractivity contribution < 1.29 is 22.7 Å². The summed E-state index contributed by atoms with van der Waals surface area (Å²) in [5, 5.41) is 6.04. The van der Waals surface area contributed by atoms with Gasteiger partial charge in [-0.05, 0) is 44.0 Å². The first-order chi connectivity index (χ1) is 10.8. The van der Waals surface area contributed by atoms with Crippen molar-refractivity contribution >= 4 is 23.2 Å². The number of benzene rings is 1. The van der Waals surface area contributed by atoms with Crippen molar-refractivity contribution in [2.45, 2.75) is 25.4 Å². The van der Waals surface area contributed by atoms with E-state index in [1.54, 1.807) is 0 Å². The molecule has 0 spiro atoms. The lowest BCUT2D eigenvalue weighted by Gasteiger charge is -2.15. The van der Waals surface area contributed by atoms with E-state index in [9.17, 15) is 18.0 Å². The fourth-order valence-electron chi connectivity index (χ4n) is 2.39. The lowest BCUT2D eigenvalue weighted by molar-refractivity contribution is -0.153. The predicted octanol–water partition coefficient (Wildman–Crippen LogP) is 3.61. The molecule has 0 bridgehead atoms. The van der Waals surface area contributed by atoms with E-state index in [0.717, 1.165) is 25.9 Å². The zero-order valence-corrected chi connectivity index (χ0v) is 13.1. The summed E-state index contributed by atoms with van der Waals surface area (Å²) >= 11 is 5.77. The van der Waals surface area contributed by atoms with Gasteiger partial charge in [0.2, 0.25) is 5.91 Å². The van der Waals surface area contributed by atoms with E-state index in [2.05, 4.69) is 10.6 Å². The molecule has 1 amide bonds. The van der Waals surface area contributed by atoms with Crippen LogP contribution in [0.2, 0.25) is 5.02 Å². The number of ether oxygens (including phenoxy) is 1. The summed E-state index contributed by atoms with van der Waals surface area (Å²) in [6.07, 6.45) is -2.37. The molecule has 1 aliphatic heterocycles. The average molecular weight is 351 g/mol. The van der Waals surface area contributed by atoms with Gasteiger partial charge in [0.25, 0.3) is 0 Å². The smallest absolute Gasteiger partial charge is 0.422 e. The number of anilines is 1. The van der Waals surface area contributed by atoms with Crippen LogP contribution >= 0.6 is 11.6 Å². The minimum Gasteiger partial charge on any atom is -0.482 e. The third-order valence-electron chi connectivity index (χ3n) is 3.55. The monoisotopic (exact) mass is 350 g/mol. The van der Waals surface area contributed by atoms with Gasteiger partial charge < -0.3 is 15.4 Å². The van der Waals surface area contributed by atoms with Crippen molar-refractivity contribution in [3.8, 4) is 5.75 Å². The third kappa shape index (κ3) is 6.27. The van der Waals surface area contributed by atoms with Crippen LogP contribution in [0, 0.1) is 5.92 Å². The van der Waals surface area contributed by atoms with Gasteiger partial charge in [0.1, 0.15) is 5.75 Å². The van der Waals surface area contributed by atoms with Crippen molar-refractivity contribution in [2.75, 3.05) is 25.0 Å². The fraction of sp³-hybridized carbons (Fsp3) is 0.533. The van der Waals surface area contributed by atoms with Gasteiger partial charge in [-0.15, -0.1) is 0 Å². The normalized spacial score (nSPS) is 18.0. The highest BCUT2D eigenvalue weighted by Gasteiger charge is 2.29. The van der Waals surface area contributed by atoms with E-state index < -0.39 is 12.8 Å². The summed E-state index contributed by atoms with van der Waals surface area (Å²) in [5.41, 5.74) is 0.188. The number of nitrogens with one attached hydrogen (secondary N) is 2. The van der Waals surface area contributed by atoms with Gasteiger partial charge in [-0.2, -0.15) is 13.2 Å². The number of rotatable bonds is 6. The van der Waals surface area contributed by atoms with Crippen molar-refractivity contribution in [1.82, 2.24) is 5.32 Å². The molecule has 128 valence electrons. The maximum absolute atomic E-state index is 12.3. The number of hydrogen-bond acceptors (Lipinski definition) is 3. The van der Waals surface area contributed by atoms with Gasteiger partial charge >= 0.3 is 6.18 Å². The first-order valence-corrected chi connectivity index (χ1v) is 7.71. The van der Waals surface area contributed by atoms with Crippen LogP contribution in [0.1, 0.15) is 19.3 Å². The number of alkyl halides is 3. The van der Waals surface area contributed by atoms with Crippen LogP contribution in [0.4, 0.5) is 18.9 Å². The molecule has 1 saturated heterocycles. The zero-order chi connectivity index (χ0) is 16.9. The lowest BCUT2D eigenvalue weighted by atomic mass is 10.0. The molecule has 1 heterocycles. The van der Waals surface area contributed by atoms with E-state index in [1.165, 1.54) is 18.2 Å². The van der Waals surface area contributed by atoms with Crippen molar-refractivity contribution in [1.29, 1.82) is 0 Å². The van der Waals surface area contributed by atoms with E-state index in [1.807, 2.05) is 0 Å². The highest BCUT2D eigenvalue weighted by molar-refractivity contribution is 6.30. The fourth-order valence-corrected chi connectivity index (χ4v) is 2.55. The summed E-state index contributed by atoms with van der Waals surface area (Å²) in [6, 6.07) is 4.17. The molecule has 1 atom stereocenters. The second-order valence-electron chi connectivity index (χ2n) is 5.49. The molecule has 0 radical (unpaired) electrons. The zero-order valence-electron chi connectivity index (χ0n) is 12.4. The molecule has 1 aromatic rings.